The van der Waals surface area contributed by atoms with Crippen molar-refractivity contribution in [2.24, 2.45) is 5.92 Å². The number of pyridine rings is 2. The number of amides is 1. The Labute approximate surface area is 188 Å². The van der Waals surface area contributed by atoms with Gasteiger partial charge in [-0.2, -0.15) is 0 Å². The van der Waals surface area contributed by atoms with E-state index in [2.05, 4.69) is 20.2 Å². The maximum absolute atomic E-state index is 12.8. The average molecular weight is 437 g/mol. The molecule has 2 aromatic heterocycles. The van der Waals surface area contributed by atoms with Gasteiger partial charge in [0, 0.05) is 57.3 Å². The van der Waals surface area contributed by atoms with E-state index in [1.54, 1.807) is 18.5 Å². The van der Waals surface area contributed by atoms with Crippen LogP contribution in [0.2, 0.25) is 0 Å². The summed E-state index contributed by atoms with van der Waals surface area (Å²) >= 11 is 0. The first-order valence-corrected chi connectivity index (χ1v) is 11.2. The molecule has 170 valence electrons. The van der Waals surface area contributed by atoms with Gasteiger partial charge in [0.05, 0.1) is 6.04 Å². The molecule has 2 N–H and O–H groups in total. The molecular weight excluding hydrogens is 404 g/mol. The van der Waals surface area contributed by atoms with Crippen LogP contribution in [0.3, 0.4) is 0 Å². The lowest BCUT2D eigenvalue weighted by Gasteiger charge is -2.46. The lowest BCUT2D eigenvalue weighted by atomic mass is 10.0. The van der Waals surface area contributed by atoms with Gasteiger partial charge in [-0.05, 0) is 56.6 Å². The maximum Gasteiger partial charge on any atom is 0.271 e. The van der Waals surface area contributed by atoms with E-state index in [9.17, 15) is 9.59 Å². The van der Waals surface area contributed by atoms with E-state index in [1.807, 2.05) is 55.2 Å². The third kappa shape index (κ3) is 5.19. The number of hydrogen-bond acceptors (Lipinski definition) is 6. The second kappa shape index (κ2) is 9.56. The Balaban J connectivity index is 1.52. The second-order valence-electron chi connectivity index (χ2n) is 8.94. The summed E-state index contributed by atoms with van der Waals surface area (Å²) in [5.74, 6) is 1.44. The van der Waals surface area contributed by atoms with Crippen molar-refractivity contribution in [3.8, 4) is 11.1 Å². The maximum atomic E-state index is 12.8. The number of likely N-dealkylation sites (N-methyl/N-ethyl adjacent to an activating group) is 1. The minimum absolute atomic E-state index is 0.0357. The molecule has 1 amide bonds. The first-order chi connectivity index (χ1) is 15.4. The molecule has 2 aromatic rings. The van der Waals surface area contributed by atoms with Gasteiger partial charge in [-0.3, -0.25) is 9.59 Å². The van der Waals surface area contributed by atoms with Crippen LogP contribution in [0.15, 0.2) is 47.5 Å². The highest BCUT2D eigenvalue weighted by molar-refractivity contribution is 5.88. The number of aromatic nitrogens is 2. The zero-order valence-corrected chi connectivity index (χ0v) is 19.0. The first kappa shape index (κ1) is 22.1. The Morgan fingerprint density at radius 3 is 2.75 bits per heavy atom. The van der Waals surface area contributed by atoms with E-state index in [4.69, 9.17) is 0 Å². The van der Waals surface area contributed by atoms with Crippen molar-refractivity contribution in [3.05, 3.63) is 53.1 Å². The summed E-state index contributed by atoms with van der Waals surface area (Å²) in [6.45, 7) is 2.87. The van der Waals surface area contributed by atoms with Crippen molar-refractivity contribution >= 4 is 17.4 Å². The van der Waals surface area contributed by atoms with Crippen molar-refractivity contribution < 1.29 is 4.79 Å². The normalized spacial score (nSPS) is 16.4. The monoisotopic (exact) mass is 436 g/mol. The zero-order chi connectivity index (χ0) is 22.7. The lowest BCUT2D eigenvalue weighted by molar-refractivity contribution is -0.130. The van der Waals surface area contributed by atoms with Gasteiger partial charge in [-0.25, -0.2) is 4.98 Å². The van der Waals surface area contributed by atoms with E-state index in [0.717, 1.165) is 30.0 Å². The molecular formula is C24H32N6O2. The Morgan fingerprint density at radius 1 is 1.28 bits per heavy atom. The molecule has 3 heterocycles. The van der Waals surface area contributed by atoms with Crippen LogP contribution in [0.4, 0.5) is 11.5 Å². The summed E-state index contributed by atoms with van der Waals surface area (Å²) in [6, 6.07) is 6.03. The summed E-state index contributed by atoms with van der Waals surface area (Å²) in [6.07, 6.45) is 9.45. The molecule has 0 bridgehead atoms. The molecule has 0 atom stereocenters. The summed E-state index contributed by atoms with van der Waals surface area (Å²) < 4.78 is 0. The van der Waals surface area contributed by atoms with Gasteiger partial charge in [-0.1, -0.05) is 6.08 Å². The van der Waals surface area contributed by atoms with Crippen LogP contribution in [0.1, 0.15) is 12.8 Å². The average Bonchev–Trinajstić information content (AvgIpc) is 3.56. The predicted molar refractivity (Wildman–Crippen MR) is 128 cm³/mol. The quantitative estimate of drug-likeness (QED) is 0.585. The van der Waals surface area contributed by atoms with Gasteiger partial charge in [-0.15, -0.1) is 0 Å². The highest BCUT2D eigenvalue weighted by Gasteiger charge is 2.37. The molecule has 1 aliphatic heterocycles. The molecule has 0 spiro atoms. The van der Waals surface area contributed by atoms with E-state index in [1.165, 1.54) is 12.8 Å². The van der Waals surface area contributed by atoms with E-state index in [0.29, 0.717) is 24.7 Å². The van der Waals surface area contributed by atoms with Crippen molar-refractivity contribution in [1.82, 2.24) is 19.8 Å². The standard InChI is InChI=1S/C24H32N6O2/c1-25-22-12-18(8-9-26-22)19-11-21(24(32)27-13-19)30(14-17-6-7-17)20-15-29(16-20)23(31)5-4-10-28(2)3/h4-5,8-9,11-13,17,20H,6-7,10,14-16H2,1-3H3,(H,25,26)(H,27,32). The Bertz CT molecular complexity index is 1040. The predicted octanol–water partition coefficient (Wildman–Crippen LogP) is 2.02. The molecule has 1 aliphatic carbocycles. The fourth-order valence-corrected chi connectivity index (χ4v) is 3.92. The number of anilines is 2. The molecule has 8 nitrogen and oxygen atoms in total. The zero-order valence-electron chi connectivity index (χ0n) is 19.0. The van der Waals surface area contributed by atoms with Crippen molar-refractivity contribution in [3.63, 3.8) is 0 Å². The minimum Gasteiger partial charge on any atom is -0.373 e. The topological polar surface area (TPSA) is 84.6 Å². The molecule has 1 saturated carbocycles. The SMILES string of the molecule is CNc1cc(-c2c[nH]c(=O)c(N(CC3CC3)C3CN(C(=O)C=CCN(C)C)C3)c2)ccn1. The van der Waals surface area contributed by atoms with E-state index in [-0.39, 0.29) is 17.5 Å². The van der Waals surface area contributed by atoms with Crippen LogP contribution in [0.25, 0.3) is 11.1 Å². The Hall–Kier alpha value is -3.13. The molecule has 0 radical (unpaired) electrons. The largest absolute Gasteiger partial charge is 0.373 e. The van der Waals surface area contributed by atoms with Crippen LogP contribution >= 0.6 is 0 Å². The second-order valence-corrected chi connectivity index (χ2v) is 8.94. The van der Waals surface area contributed by atoms with Gasteiger partial charge in [0.25, 0.3) is 5.56 Å². The smallest absolute Gasteiger partial charge is 0.271 e. The molecule has 2 aliphatic rings. The van der Waals surface area contributed by atoms with Gasteiger partial charge >= 0.3 is 0 Å². The summed E-state index contributed by atoms with van der Waals surface area (Å²) in [4.78, 5) is 38.5. The summed E-state index contributed by atoms with van der Waals surface area (Å²) in [5.41, 5.74) is 2.52. The van der Waals surface area contributed by atoms with E-state index >= 15 is 0 Å². The van der Waals surface area contributed by atoms with Crippen LogP contribution in [0, 0.1) is 5.92 Å². The number of nitrogens with one attached hydrogen (secondary N) is 2. The number of nitrogens with zero attached hydrogens (tertiary/aromatic N) is 4. The third-order valence-corrected chi connectivity index (χ3v) is 6.04. The number of H-pyrrole nitrogens is 1. The van der Waals surface area contributed by atoms with Crippen molar-refractivity contribution in [2.75, 3.05) is 57.5 Å². The number of carbonyl (C=O) groups is 1. The molecule has 8 heteroatoms. The fraction of sp³-hybridized carbons (Fsp3) is 0.458. The fourth-order valence-electron chi connectivity index (χ4n) is 3.92. The van der Waals surface area contributed by atoms with Crippen molar-refractivity contribution in [2.45, 2.75) is 18.9 Å². The highest BCUT2D eigenvalue weighted by Crippen LogP contribution is 2.34. The Kier molecular flexibility index (Phi) is 6.60. The van der Waals surface area contributed by atoms with Crippen molar-refractivity contribution in [1.29, 1.82) is 0 Å². The Morgan fingerprint density at radius 2 is 2.06 bits per heavy atom. The van der Waals surface area contributed by atoms with Crippen LogP contribution in [0.5, 0.6) is 0 Å². The number of hydrogen-bond donors (Lipinski definition) is 2. The molecule has 2 fully saturated rings. The van der Waals surface area contributed by atoms with Gasteiger partial charge in [0.15, 0.2) is 0 Å². The minimum atomic E-state index is -0.0899. The van der Waals surface area contributed by atoms with Gasteiger partial charge < -0.3 is 25.0 Å². The van der Waals surface area contributed by atoms with Crippen LogP contribution < -0.4 is 15.8 Å². The molecule has 0 unspecified atom stereocenters. The van der Waals surface area contributed by atoms with Crippen LogP contribution in [-0.4, -0.2) is 79.0 Å². The summed E-state index contributed by atoms with van der Waals surface area (Å²) in [5, 5.41) is 3.05. The lowest BCUT2D eigenvalue weighted by Crippen LogP contribution is -2.62. The van der Waals surface area contributed by atoms with Gasteiger partial charge in [0.2, 0.25) is 5.91 Å². The number of rotatable bonds is 9. The molecule has 0 aromatic carbocycles. The third-order valence-electron chi connectivity index (χ3n) is 6.04. The number of likely N-dealkylation sites (tertiary alicyclic amines) is 1. The first-order valence-electron chi connectivity index (χ1n) is 11.2. The van der Waals surface area contributed by atoms with Crippen LogP contribution in [-0.2, 0) is 4.79 Å². The number of aromatic amines is 1. The molecule has 32 heavy (non-hydrogen) atoms. The summed E-state index contributed by atoms with van der Waals surface area (Å²) in [7, 11) is 5.78. The molecule has 4 rings (SSSR count). The van der Waals surface area contributed by atoms with Gasteiger partial charge in [0.1, 0.15) is 11.5 Å². The van der Waals surface area contributed by atoms with E-state index < -0.39 is 0 Å². The highest BCUT2D eigenvalue weighted by atomic mass is 16.2. The number of carbonyl (C=O) groups excluding carboxylic acids is 1. The molecule has 1 saturated heterocycles.